The van der Waals surface area contributed by atoms with Crippen LogP contribution in [-0.2, 0) is 20.7 Å². The number of nitrogens with one attached hydrogen (secondary N) is 1. The minimum atomic E-state index is -1.00. The van der Waals surface area contributed by atoms with E-state index >= 15 is 0 Å². The fourth-order valence-electron chi connectivity index (χ4n) is 2.80. The van der Waals surface area contributed by atoms with Crippen LogP contribution in [0.5, 0.6) is 0 Å². The molecule has 0 aliphatic carbocycles. The molecule has 0 bridgehead atoms. The second-order valence-corrected chi connectivity index (χ2v) is 6.07. The first-order valence-electron chi connectivity index (χ1n) is 7.61. The predicted molar refractivity (Wildman–Crippen MR) is 82.8 cm³/mol. The molecule has 0 saturated carbocycles. The van der Waals surface area contributed by atoms with Crippen molar-refractivity contribution in [2.24, 2.45) is 0 Å². The SMILES string of the molecule is Cc1ccc(CC(C)NC(=O)[C@@H]2CC[C@H](C(=O)O)O2)c(C)c1. The number of carboxylic acids is 1. The second-order valence-electron chi connectivity index (χ2n) is 6.07. The van der Waals surface area contributed by atoms with E-state index in [0.29, 0.717) is 12.8 Å². The summed E-state index contributed by atoms with van der Waals surface area (Å²) >= 11 is 0. The molecule has 1 aromatic carbocycles. The van der Waals surface area contributed by atoms with Crippen molar-refractivity contribution in [1.29, 1.82) is 0 Å². The average molecular weight is 305 g/mol. The molecular formula is C17H23NO4. The molecule has 1 amide bonds. The third-order valence-electron chi connectivity index (χ3n) is 4.00. The molecule has 1 aliphatic heterocycles. The van der Waals surface area contributed by atoms with Crippen LogP contribution in [0.3, 0.4) is 0 Å². The normalized spacial score (nSPS) is 22.3. The second kappa shape index (κ2) is 6.92. The highest BCUT2D eigenvalue weighted by Gasteiger charge is 2.34. The highest BCUT2D eigenvalue weighted by molar-refractivity contribution is 5.82. The zero-order valence-electron chi connectivity index (χ0n) is 13.3. The molecule has 1 aliphatic rings. The van der Waals surface area contributed by atoms with Gasteiger partial charge in [0.05, 0.1) is 0 Å². The number of aryl methyl sites for hydroxylation is 2. The average Bonchev–Trinajstić information content (AvgIpc) is 2.92. The van der Waals surface area contributed by atoms with E-state index in [9.17, 15) is 9.59 Å². The van der Waals surface area contributed by atoms with Gasteiger partial charge in [-0.3, -0.25) is 4.79 Å². The van der Waals surface area contributed by atoms with E-state index in [4.69, 9.17) is 9.84 Å². The number of carbonyl (C=O) groups is 2. The lowest BCUT2D eigenvalue weighted by molar-refractivity contribution is -0.151. The maximum atomic E-state index is 12.1. The van der Waals surface area contributed by atoms with Gasteiger partial charge in [0.2, 0.25) is 5.91 Å². The number of ether oxygens (including phenoxy) is 1. The van der Waals surface area contributed by atoms with Crippen LogP contribution in [-0.4, -0.2) is 35.2 Å². The molecule has 1 fully saturated rings. The van der Waals surface area contributed by atoms with Crippen LogP contribution in [0.25, 0.3) is 0 Å². The van der Waals surface area contributed by atoms with Crippen LogP contribution < -0.4 is 5.32 Å². The molecule has 1 saturated heterocycles. The maximum absolute atomic E-state index is 12.1. The maximum Gasteiger partial charge on any atom is 0.332 e. The lowest BCUT2D eigenvalue weighted by atomic mass is 10.00. The zero-order chi connectivity index (χ0) is 16.3. The molecule has 0 radical (unpaired) electrons. The molecule has 1 unspecified atom stereocenters. The molecule has 2 N–H and O–H groups in total. The number of hydrogen-bond acceptors (Lipinski definition) is 3. The first-order valence-corrected chi connectivity index (χ1v) is 7.61. The van der Waals surface area contributed by atoms with E-state index in [0.717, 1.165) is 6.42 Å². The Hall–Kier alpha value is -1.88. The lowest BCUT2D eigenvalue weighted by Crippen LogP contribution is -2.41. The molecule has 2 rings (SSSR count). The zero-order valence-corrected chi connectivity index (χ0v) is 13.3. The molecule has 22 heavy (non-hydrogen) atoms. The third-order valence-corrected chi connectivity index (χ3v) is 4.00. The summed E-state index contributed by atoms with van der Waals surface area (Å²) in [4.78, 5) is 23.0. The van der Waals surface area contributed by atoms with Gasteiger partial charge in [0.15, 0.2) is 6.10 Å². The minimum Gasteiger partial charge on any atom is -0.479 e. The number of carbonyl (C=O) groups excluding carboxylic acids is 1. The molecule has 5 heteroatoms. The van der Waals surface area contributed by atoms with Gasteiger partial charge in [-0.25, -0.2) is 4.79 Å². The van der Waals surface area contributed by atoms with Crippen molar-refractivity contribution in [1.82, 2.24) is 5.32 Å². The van der Waals surface area contributed by atoms with Crippen LogP contribution in [0.4, 0.5) is 0 Å². The highest BCUT2D eigenvalue weighted by Crippen LogP contribution is 2.20. The number of hydrogen-bond donors (Lipinski definition) is 2. The Morgan fingerprint density at radius 1 is 1.32 bits per heavy atom. The van der Waals surface area contributed by atoms with E-state index in [1.54, 1.807) is 0 Å². The van der Waals surface area contributed by atoms with Crippen molar-refractivity contribution in [3.05, 3.63) is 34.9 Å². The first-order chi connectivity index (χ1) is 10.4. The van der Waals surface area contributed by atoms with Crippen molar-refractivity contribution in [3.63, 3.8) is 0 Å². The summed E-state index contributed by atoms with van der Waals surface area (Å²) in [7, 11) is 0. The molecule has 1 heterocycles. The minimum absolute atomic E-state index is 0.0265. The molecule has 3 atom stereocenters. The van der Waals surface area contributed by atoms with Crippen LogP contribution in [0.15, 0.2) is 18.2 Å². The summed E-state index contributed by atoms with van der Waals surface area (Å²) < 4.78 is 5.26. The molecule has 120 valence electrons. The Labute approximate surface area is 130 Å². The van der Waals surface area contributed by atoms with Gasteiger partial charge in [-0.05, 0) is 51.2 Å². The summed E-state index contributed by atoms with van der Waals surface area (Å²) in [5.74, 6) is -1.22. The third kappa shape index (κ3) is 4.07. The summed E-state index contributed by atoms with van der Waals surface area (Å²) in [6.07, 6.45) is 0.0818. The molecular weight excluding hydrogens is 282 g/mol. The number of aliphatic carboxylic acids is 1. The fraction of sp³-hybridized carbons (Fsp3) is 0.529. The molecule has 1 aromatic rings. The summed E-state index contributed by atoms with van der Waals surface area (Å²) in [6, 6.07) is 6.25. The van der Waals surface area contributed by atoms with E-state index in [1.165, 1.54) is 16.7 Å². The van der Waals surface area contributed by atoms with Gasteiger partial charge in [-0.1, -0.05) is 23.8 Å². The van der Waals surface area contributed by atoms with E-state index in [2.05, 4.69) is 37.4 Å². The quantitative estimate of drug-likeness (QED) is 0.872. The summed E-state index contributed by atoms with van der Waals surface area (Å²) in [6.45, 7) is 6.06. The number of amides is 1. The number of rotatable bonds is 5. The van der Waals surface area contributed by atoms with Crippen molar-refractivity contribution < 1.29 is 19.4 Å². The molecule has 0 aromatic heterocycles. The van der Waals surface area contributed by atoms with Crippen molar-refractivity contribution in [2.45, 2.75) is 58.3 Å². The largest absolute Gasteiger partial charge is 0.479 e. The topological polar surface area (TPSA) is 75.6 Å². The van der Waals surface area contributed by atoms with Gasteiger partial charge in [0, 0.05) is 6.04 Å². The van der Waals surface area contributed by atoms with Crippen LogP contribution in [0.1, 0.15) is 36.5 Å². The Bertz CT molecular complexity index is 570. The Morgan fingerprint density at radius 2 is 2.00 bits per heavy atom. The van der Waals surface area contributed by atoms with Crippen LogP contribution in [0, 0.1) is 13.8 Å². The van der Waals surface area contributed by atoms with Gasteiger partial charge < -0.3 is 15.2 Å². The van der Waals surface area contributed by atoms with E-state index in [1.807, 2.05) is 6.92 Å². The molecule has 0 spiro atoms. The van der Waals surface area contributed by atoms with Crippen molar-refractivity contribution in [3.8, 4) is 0 Å². The Kier molecular flexibility index (Phi) is 5.19. The van der Waals surface area contributed by atoms with Crippen LogP contribution in [0.2, 0.25) is 0 Å². The predicted octanol–water partition coefficient (Wildman–Crippen LogP) is 1.98. The van der Waals surface area contributed by atoms with Crippen LogP contribution >= 0.6 is 0 Å². The van der Waals surface area contributed by atoms with Gasteiger partial charge in [-0.2, -0.15) is 0 Å². The fourth-order valence-corrected chi connectivity index (χ4v) is 2.80. The van der Waals surface area contributed by atoms with Gasteiger partial charge in [-0.15, -0.1) is 0 Å². The van der Waals surface area contributed by atoms with Gasteiger partial charge in [0.1, 0.15) is 6.10 Å². The standard InChI is InChI=1S/C17H23NO4/c1-10-4-5-13(11(2)8-10)9-12(3)18-16(19)14-6-7-15(22-14)17(20)21/h4-5,8,12,14-15H,6-7,9H2,1-3H3,(H,18,19)(H,20,21)/t12?,14-,15+/m0/s1. The smallest absolute Gasteiger partial charge is 0.332 e. The highest BCUT2D eigenvalue weighted by atomic mass is 16.5. The number of benzene rings is 1. The molecule has 5 nitrogen and oxygen atoms in total. The van der Waals surface area contributed by atoms with E-state index < -0.39 is 18.2 Å². The van der Waals surface area contributed by atoms with Crippen molar-refractivity contribution in [2.75, 3.05) is 0 Å². The number of carboxylic acid groups (broad SMARTS) is 1. The first kappa shape index (κ1) is 16.5. The monoisotopic (exact) mass is 305 g/mol. The van der Waals surface area contributed by atoms with Gasteiger partial charge in [0.25, 0.3) is 0 Å². The summed E-state index contributed by atoms with van der Waals surface area (Å²) in [5.41, 5.74) is 3.63. The Morgan fingerprint density at radius 3 is 2.59 bits per heavy atom. The van der Waals surface area contributed by atoms with Gasteiger partial charge >= 0.3 is 5.97 Å². The lowest BCUT2D eigenvalue weighted by Gasteiger charge is -2.18. The van der Waals surface area contributed by atoms with E-state index in [-0.39, 0.29) is 11.9 Å². The summed E-state index contributed by atoms with van der Waals surface area (Å²) in [5, 5.41) is 11.8. The Balaban J connectivity index is 1.88. The van der Waals surface area contributed by atoms with Crippen molar-refractivity contribution >= 4 is 11.9 Å².